The molecule has 2 aromatic heterocycles. The van der Waals surface area contributed by atoms with Crippen molar-refractivity contribution in [3.05, 3.63) is 81.1 Å². The summed E-state index contributed by atoms with van der Waals surface area (Å²) in [7, 11) is -0.652. The van der Waals surface area contributed by atoms with Gasteiger partial charge in [0, 0.05) is 36.0 Å². The Hall–Kier alpha value is -3.99. The normalized spacial score (nSPS) is 18.3. The van der Waals surface area contributed by atoms with Crippen LogP contribution in [0.15, 0.2) is 57.9 Å². The number of morpholine rings is 1. The summed E-state index contributed by atoms with van der Waals surface area (Å²) in [4.78, 5) is 32.6. The highest BCUT2D eigenvalue weighted by molar-refractivity contribution is 6.63. The molecule has 2 aliphatic rings. The van der Waals surface area contributed by atoms with Crippen LogP contribution in [0.1, 0.15) is 67.7 Å². The van der Waals surface area contributed by atoms with E-state index < -0.39 is 18.3 Å². The van der Waals surface area contributed by atoms with Gasteiger partial charge in [0.2, 0.25) is 5.88 Å². The van der Waals surface area contributed by atoms with Gasteiger partial charge in [0.25, 0.3) is 0 Å². The van der Waals surface area contributed by atoms with Gasteiger partial charge in [0.05, 0.1) is 52.8 Å². The summed E-state index contributed by atoms with van der Waals surface area (Å²) in [6.45, 7) is 16.3. The van der Waals surface area contributed by atoms with E-state index in [1.807, 2.05) is 84.9 Å². The van der Waals surface area contributed by atoms with E-state index in [0.29, 0.717) is 65.4 Å². The lowest BCUT2D eigenvalue weighted by molar-refractivity contribution is 0.00578. The smallest absolute Gasteiger partial charge is 0.440 e. The Morgan fingerprint density at radius 3 is 2.42 bits per heavy atom. The van der Waals surface area contributed by atoms with Crippen molar-refractivity contribution in [2.24, 2.45) is 0 Å². The third kappa shape index (κ3) is 5.67. The van der Waals surface area contributed by atoms with Crippen LogP contribution < -0.4 is 21.1 Å². The van der Waals surface area contributed by atoms with E-state index in [9.17, 15) is 9.59 Å². The minimum Gasteiger partial charge on any atom is -0.440 e. The van der Waals surface area contributed by atoms with E-state index in [1.54, 1.807) is 6.20 Å². The highest BCUT2D eigenvalue weighted by Crippen LogP contribution is 2.38. The Balaban J connectivity index is 1.35. The average Bonchev–Trinajstić information content (AvgIpc) is 3.25. The highest BCUT2D eigenvalue weighted by Gasteiger charge is 2.52. The van der Waals surface area contributed by atoms with Crippen LogP contribution in [0.5, 0.6) is 0 Å². The monoisotopic (exact) mass is 609 g/mol. The summed E-state index contributed by atoms with van der Waals surface area (Å²) >= 11 is 0. The fraction of sp³-hybridized carbons (Fsp3) is 0.400. The van der Waals surface area contributed by atoms with Gasteiger partial charge in [0.15, 0.2) is 5.43 Å². The molecule has 0 radical (unpaired) electrons. The van der Waals surface area contributed by atoms with Crippen LogP contribution in [0.3, 0.4) is 0 Å². The van der Waals surface area contributed by atoms with Crippen molar-refractivity contribution in [3.63, 3.8) is 0 Å². The highest BCUT2D eigenvalue weighted by atomic mass is 16.7. The van der Waals surface area contributed by atoms with Gasteiger partial charge in [-0.05, 0) is 83.8 Å². The van der Waals surface area contributed by atoms with Gasteiger partial charge in [-0.15, -0.1) is 0 Å². The number of fused-ring (bicyclic) bond motifs is 1. The fourth-order valence-electron chi connectivity index (χ4n) is 6.02. The van der Waals surface area contributed by atoms with Crippen molar-refractivity contribution < 1.29 is 23.3 Å². The molecule has 10 heteroatoms. The Morgan fingerprint density at radius 1 is 1.02 bits per heavy atom. The minimum absolute atomic E-state index is 0.0274. The second kappa shape index (κ2) is 11.7. The molecule has 1 atom stereocenters. The first-order valence-electron chi connectivity index (χ1n) is 15.5. The van der Waals surface area contributed by atoms with Crippen LogP contribution in [0.2, 0.25) is 0 Å². The molecule has 0 amide bonds. The van der Waals surface area contributed by atoms with Gasteiger partial charge in [-0.3, -0.25) is 14.6 Å². The lowest BCUT2D eigenvalue weighted by atomic mass is 9.75. The Labute approximate surface area is 264 Å². The summed E-state index contributed by atoms with van der Waals surface area (Å²) in [5.74, 6) is 0.596. The maximum absolute atomic E-state index is 13.6. The molecule has 234 valence electrons. The first kappa shape index (κ1) is 31.0. The average molecular weight is 610 g/mol. The number of aromatic nitrogens is 1. The number of anilines is 2. The number of aryl methyl sites for hydroxylation is 1. The molecule has 0 spiro atoms. The standard InChI is InChI=1S/C35H40BN3O6/c1-21-17-26(32-27(18-21)31(41)22(2)33(43-32)39-13-15-42-16-14-39)23(3)38-29-9-8-12-37-30(29)24-10-11-28(25(19-24)20-40)36-44-34(4,5)35(6,7)45-36/h8-12,17-20,23,38H,13-16H2,1-7H3. The molecular formula is C35H40BN3O6. The molecule has 0 aliphatic carbocycles. The molecule has 0 saturated carbocycles. The topological polar surface area (TPSA) is 103 Å². The number of nitrogens with zero attached hydrogens (tertiary/aromatic N) is 2. The lowest BCUT2D eigenvalue weighted by Gasteiger charge is -2.32. The zero-order valence-electron chi connectivity index (χ0n) is 27.0. The van der Waals surface area contributed by atoms with Crippen molar-refractivity contribution in [3.8, 4) is 11.3 Å². The van der Waals surface area contributed by atoms with Gasteiger partial charge < -0.3 is 28.7 Å². The van der Waals surface area contributed by atoms with Crippen LogP contribution in [0.4, 0.5) is 11.6 Å². The van der Waals surface area contributed by atoms with Crippen molar-refractivity contribution in [2.45, 2.75) is 65.7 Å². The molecule has 4 heterocycles. The van der Waals surface area contributed by atoms with Gasteiger partial charge in [-0.25, -0.2) is 0 Å². The molecule has 45 heavy (non-hydrogen) atoms. The van der Waals surface area contributed by atoms with Gasteiger partial charge in [0.1, 0.15) is 11.9 Å². The summed E-state index contributed by atoms with van der Waals surface area (Å²) in [5.41, 5.74) is 5.35. The molecule has 2 fully saturated rings. The first-order chi connectivity index (χ1) is 21.4. The quantitative estimate of drug-likeness (QED) is 0.212. The Morgan fingerprint density at radius 2 is 1.73 bits per heavy atom. The predicted octanol–water partition coefficient (Wildman–Crippen LogP) is 5.59. The Bertz CT molecular complexity index is 1810. The summed E-state index contributed by atoms with van der Waals surface area (Å²) < 4.78 is 24.5. The van der Waals surface area contributed by atoms with Crippen LogP contribution in [-0.2, 0) is 14.0 Å². The van der Waals surface area contributed by atoms with Crippen LogP contribution in [0.25, 0.3) is 22.2 Å². The van der Waals surface area contributed by atoms with Crippen molar-refractivity contribution in [1.29, 1.82) is 0 Å². The van der Waals surface area contributed by atoms with Crippen LogP contribution in [-0.4, -0.2) is 55.9 Å². The number of carbonyl (C=O) groups is 1. The molecule has 1 N–H and O–H groups in total. The number of hydrogen-bond donors (Lipinski definition) is 1. The number of pyridine rings is 1. The summed E-state index contributed by atoms with van der Waals surface area (Å²) in [6.07, 6.45) is 2.56. The molecule has 2 aromatic carbocycles. The maximum Gasteiger partial charge on any atom is 0.495 e. The molecule has 2 aliphatic heterocycles. The van der Waals surface area contributed by atoms with Gasteiger partial charge in [-0.2, -0.15) is 0 Å². The molecule has 0 bridgehead atoms. The second-order valence-corrected chi connectivity index (χ2v) is 13.0. The third-order valence-electron chi connectivity index (χ3n) is 9.31. The first-order valence-corrected chi connectivity index (χ1v) is 15.5. The molecular weight excluding hydrogens is 569 g/mol. The van der Waals surface area contributed by atoms with Crippen molar-refractivity contribution >= 4 is 41.4 Å². The number of hydrogen-bond acceptors (Lipinski definition) is 9. The fourth-order valence-corrected chi connectivity index (χ4v) is 6.02. The predicted molar refractivity (Wildman–Crippen MR) is 178 cm³/mol. The number of benzene rings is 2. The van der Waals surface area contributed by atoms with Gasteiger partial charge >= 0.3 is 7.12 Å². The molecule has 4 aromatic rings. The lowest BCUT2D eigenvalue weighted by Crippen LogP contribution is -2.41. The zero-order chi connectivity index (χ0) is 32.1. The molecule has 9 nitrogen and oxygen atoms in total. The van der Waals surface area contributed by atoms with E-state index in [0.717, 1.165) is 28.7 Å². The minimum atomic E-state index is -0.652. The van der Waals surface area contributed by atoms with E-state index >= 15 is 0 Å². The van der Waals surface area contributed by atoms with E-state index in [1.165, 1.54) is 0 Å². The maximum atomic E-state index is 13.6. The van der Waals surface area contributed by atoms with Crippen LogP contribution in [0, 0.1) is 13.8 Å². The van der Waals surface area contributed by atoms with Gasteiger partial charge in [-0.1, -0.05) is 18.2 Å². The third-order valence-corrected chi connectivity index (χ3v) is 9.31. The molecule has 1 unspecified atom stereocenters. The zero-order valence-corrected chi connectivity index (χ0v) is 27.0. The van der Waals surface area contributed by atoms with Crippen LogP contribution >= 0.6 is 0 Å². The number of aldehydes is 1. The summed E-state index contributed by atoms with van der Waals surface area (Å²) in [5, 5.41) is 4.17. The largest absolute Gasteiger partial charge is 0.495 e. The Kier molecular flexibility index (Phi) is 8.09. The van der Waals surface area contributed by atoms with E-state index in [-0.39, 0.29) is 11.5 Å². The number of nitrogens with one attached hydrogen (secondary N) is 1. The number of ether oxygens (including phenoxy) is 1. The second-order valence-electron chi connectivity index (χ2n) is 13.0. The SMILES string of the molecule is Cc1cc(C(C)Nc2cccnc2-c2ccc(B3OC(C)(C)C(C)(C)O3)c(C=O)c2)c2oc(N3CCOCC3)c(C)c(=O)c2c1. The van der Waals surface area contributed by atoms with E-state index in [2.05, 4.69) is 16.3 Å². The van der Waals surface area contributed by atoms with E-state index in [4.69, 9.17) is 23.4 Å². The number of rotatable bonds is 7. The molecule has 6 rings (SSSR count). The van der Waals surface area contributed by atoms with Crippen molar-refractivity contribution in [1.82, 2.24) is 4.98 Å². The van der Waals surface area contributed by atoms with Crippen molar-refractivity contribution in [2.75, 3.05) is 36.5 Å². The number of carbonyl (C=O) groups excluding carboxylic acids is 1. The molecule has 2 saturated heterocycles. The summed E-state index contributed by atoms with van der Waals surface area (Å²) in [6, 6.07) is 13.2.